The Morgan fingerprint density at radius 3 is 2.44 bits per heavy atom. The lowest BCUT2D eigenvalue weighted by molar-refractivity contribution is -0.129. The number of thiophene rings is 1. The monoisotopic (exact) mass is 922 g/mol. The summed E-state index contributed by atoms with van der Waals surface area (Å²) in [6.45, 7) is 3.54. The summed E-state index contributed by atoms with van der Waals surface area (Å²) < 4.78 is 18.6. The second-order valence-electron chi connectivity index (χ2n) is 16.6. The molecule has 0 spiro atoms. The number of hydrogen-bond donors (Lipinski definition) is 1. The van der Waals surface area contributed by atoms with Gasteiger partial charge in [-0.05, 0) is 72.7 Å². The first-order valence-electron chi connectivity index (χ1n) is 20.4. The van der Waals surface area contributed by atoms with Crippen LogP contribution in [0.2, 0.25) is 10.0 Å². The Labute approximate surface area is 377 Å². The number of aryl methyl sites for hydroxylation is 4. The number of phenolic OH excluding ortho intramolecular Hbond substituents is 1. The second kappa shape index (κ2) is 14.8. The molecule has 2 amide bonds. The van der Waals surface area contributed by atoms with E-state index in [1.165, 1.54) is 61.2 Å². The average Bonchev–Trinajstić information content (AvgIpc) is 3.94. The lowest BCUT2D eigenvalue weighted by Gasteiger charge is -2.47. The predicted octanol–water partition coefficient (Wildman–Crippen LogP) is 6.12. The quantitative estimate of drug-likeness (QED) is 0.138. The van der Waals surface area contributed by atoms with E-state index >= 15 is 4.79 Å². The number of allylic oxidation sites excluding steroid dienone is 2. The number of anilines is 1. The van der Waals surface area contributed by atoms with Gasteiger partial charge in [0.1, 0.15) is 23.0 Å². The molecule has 7 aromatic rings. The Kier molecular flexibility index (Phi) is 9.63. The van der Waals surface area contributed by atoms with Gasteiger partial charge in [0, 0.05) is 65.9 Å². The summed E-state index contributed by atoms with van der Waals surface area (Å²) >= 11 is 14.8. The minimum Gasteiger partial charge on any atom is -0.508 e. The lowest BCUT2D eigenvalue weighted by Crippen LogP contribution is -2.49. The zero-order valence-electron chi connectivity index (χ0n) is 35.4. The maximum atomic E-state index is 15.2. The van der Waals surface area contributed by atoms with Crippen LogP contribution in [0.3, 0.4) is 0 Å². The summed E-state index contributed by atoms with van der Waals surface area (Å²) in [5, 5.41) is 16.9. The molecule has 2 fully saturated rings. The van der Waals surface area contributed by atoms with E-state index in [1.54, 1.807) is 45.3 Å². The van der Waals surface area contributed by atoms with Crippen LogP contribution >= 0.6 is 34.5 Å². The van der Waals surface area contributed by atoms with Gasteiger partial charge >= 0.3 is 11.4 Å². The number of ether oxygens (including phenoxy) is 2. The van der Waals surface area contributed by atoms with Crippen LogP contribution in [-0.4, -0.2) is 64.4 Å². The number of carbonyl (C=O) groups excluding carboxylic acids is 2. The van der Waals surface area contributed by atoms with E-state index in [0.717, 1.165) is 25.1 Å². The van der Waals surface area contributed by atoms with E-state index in [0.29, 0.717) is 44.4 Å². The molecule has 1 N–H and O–H groups in total. The van der Waals surface area contributed by atoms with E-state index in [4.69, 9.17) is 37.8 Å². The number of benzene rings is 3. The van der Waals surface area contributed by atoms with Crippen molar-refractivity contribution in [2.24, 2.45) is 25.4 Å². The van der Waals surface area contributed by atoms with Crippen LogP contribution in [-0.2, 0) is 43.2 Å². The number of fused-ring (bicyclic) bond motifs is 6. The fourth-order valence-corrected chi connectivity index (χ4v) is 11.7. The number of nitrogens with zero attached hydrogens (tertiary/aromatic N) is 8. The minimum atomic E-state index is -1.42. The third-order valence-corrected chi connectivity index (χ3v) is 15.2. The van der Waals surface area contributed by atoms with Gasteiger partial charge in [-0.3, -0.25) is 19.1 Å². The SMILES string of the molecule is COc1cc2nc(CCn3c(=O)n4n(c3=O)C3CC5C(=O)N(c6cc(-c7sc8ccc(Cl)cc8c7C)nn6C)C(=O)C5(C)C(c5ccc(O)cc5Cl)C3=CC4)c(=O)n(C)c2cc1OC. The topological polar surface area (TPSA) is 178 Å². The number of imide groups is 1. The molecule has 3 aliphatic rings. The Hall–Kier alpha value is -6.43. The number of hydrogen-bond acceptors (Lipinski definition) is 11. The summed E-state index contributed by atoms with van der Waals surface area (Å²) in [7, 11) is 6.27. The normalized spacial score (nSPS) is 20.5. The first-order valence-corrected chi connectivity index (χ1v) is 22.0. The van der Waals surface area contributed by atoms with E-state index in [2.05, 4.69) is 4.98 Å². The molecule has 4 atom stereocenters. The first kappa shape index (κ1) is 41.6. The van der Waals surface area contributed by atoms with Crippen LogP contribution in [0.5, 0.6) is 17.2 Å². The van der Waals surface area contributed by atoms with Crippen LogP contribution in [0.15, 0.2) is 80.6 Å². The number of methoxy groups -OCH3 is 2. The highest BCUT2D eigenvalue weighted by Crippen LogP contribution is 2.62. The number of amides is 2. The van der Waals surface area contributed by atoms with E-state index in [-0.39, 0.29) is 48.2 Å². The standard InChI is InChI=1S/C45H40Cl2N8O8S/c1-21-26-15-22(46)7-10-36(26)64-39(21)31-19-37(51(4)49-31)54-40(57)27-17-32-25(38(45(27,2)42(54)59)24-9-8-23(56)16-28(24)47)11-14-53-43(60)52(44(61)55(32)53)13-12-29-41(58)50(3)33-20-35(63-6)34(62-5)18-30(33)48-29/h7-11,15-16,18-20,27,32,38,56H,12-14,17H2,1-6H3. The molecule has 16 nitrogen and oxygen atoms in total. The van der Waals surface area contributed by atoms with Gasteiger partial charge in [-0.2, -0.15) is 5.10 Å². The number of aromatic hydroxyl groups is 1. The van der Waals surface area contributed by atoms with Crippen LogP contribution in [0.25, 0.3) is 31.7 Å². The van der Waals surface area contributed by atoms with Crippen molar-refractivity contribution in [2.75, 3.05) is 19.1 Å². The van der Waals surface area contributed by atoms with Crippen LogP contribution in [0.4, 0.5) is 5.82 Å². The molecule has 4 unspecified atom stereocenters. The Balaban J connectivity index is 1.04. The smallest absolute Gasteiger partial charge is 0.347 e. The fraction of sp³-hybridized carbons (Fsp3) is 0.311. The van der Waals surface area contributed by atoms with Gasteiger partial charge in [0.15, 0.2) is 11.5 Å². The molecule has 64 heavy (non-hydrogen) atoms. The second-order valence-corrected chi connectivity index (χ2v) is 18.5. The van der Waals surface area contributed by atoms with Gasteiger partial charge in [0.25, 0.3) is 5.56 Å². The molecule has 1 saturated carbocycles. The molecule has 0 radical (unpaired) electrons. The largest absolute Gasteiger partial charge is 0.508 e. The number of halogens is 2. The summed E-state index contributed by atoms with van der Waals surface area (Å²) in [5.41, 5.74) is 0.688. The highest BCUT2D eigenvalue weighted by Gasteiger charge is 2.66. The van der Waals surface area contributed by atoms with Crippen molar-refractivity contribution in [1.82, 2.24) is 33.3 Å². The molecule has 3 aromatic carbocycles. The average molecular weight is 924 g/mol. The summed E-state index contributed by atoms with van der Waals surface area (Å²) in [4.78, 5) is 79.1. The van der Waals surface area contributed by atoms with Crippen molar-refractivity contribution in [2.45, 2.75) is 51.7 Å². The van der Waals surface area contributed by atoms with E-state index < -0.39 is 52.0 Å². The summed E-state index contributed by atoms with van der Waals surface area (Å²) in [6.07, 6.45) is 1.79. The van der Waals surface area contributed by atoms with Crippen molar-refractivity contribution in [3.8, 4) is 27.8 Å². The Bertz CT molecular complexity index is 3410. The molecule has 4 aromatic heterocycles. The molecular formula is C45H40Cl2N8O8S. The van der Waals surface area contributed by atoms with Gasteiger partial charge in [0.05, 0.1) is 54.0 Å². The fourth-order valence-electron chi connectivity index (χ4n) is 10.1. The van der Waals surface area contributed by atoms with Gasteiger partial charge in [0.2, 0.25) is 11.8 Å². The zero-order chi connectivity index (χ0) is 45.3. The van der Waals surface area contributed by atoms with Crippen LogP contribution < -0.4 is 31.3 Å². The van der Waals surface area contributed by atoms with E-state index in [9.17, 15) is 24.3 Å². The molecule has 2 aliphatic heterocycles. The third-order valence-electron chi connectivity index (χ3n) is 13.3. The lowest BCUT2D eigenvalue weighted by atomic mass is 9.56. The van der Waals surface area contributed by atoms with Crippen molar-refractivity contribution < 1.29 is 24.2 Å². The zero-order valence-corrected chi connectivity index (χ0v) is 37.7. The number of carbonyl (C=O) groups is 2. The van der Waals surface area contributed by atoms with Crippen molar-refractivity contribution in [3.63, 3.8) is 0 Å². The number of aromatic nitrogens is 7. The maximum absolute atomic E-state index is 15.2. The first-order chi connectivity index (χ1) is 30.6. The number of rotatable bonds is 8. The van der Waals surface area contributed by atoms with Gasteiger partial charge in [-0.15, -0.1) is 11.3 Å². The molecule has 1 saturated heterocycles. The molecule has 10 rings (SSSR count). The summed E-state index contributed by atoms with van der Waals surface area (Å²) in [5.74, 6) is -1.77. The molecule has 1 aliphatic carbocycles. The van der Waals surface area contributed by atoms with Crippen LogP contribution in [0.1, 0.15) is 42.1 Å². The maximum Gasteiger partial charge on any atom is 0.347 e. The molecule has 0 bridgehead atoms. The molecule has 6 heterocycles. The minimum absolute atomic E-state index is 0.0118. The molecule has 19 heteroatoms. The van der Waals surface area contributed by atoms with E-state index in [1.807, 2.05) is 31.2 Å². The predicted molar refractivity (Wildman–Crippen MR) is 242 cm³/mol. The number of phenols is 1. The van der Waals surface area contributed by atoms with Crippen LogP contribution in [0, 0.1) is 18.3 Å². The van der Waals surface area contributed by atoms with Crippen molar-refractivity contribution in [3.05, 3.63) is 124 Å². The highest BCUT2D eigenvalue weighted by molar-refractivity contribution is 7.22. The third kappa shape index (κ3) is 5.89. The van der Waals surface area contributed by atoms with Gasteiger partial charge < -0.3 is 19.1 Å². The van der Waals surface area contributed by atoms with Gasteiger partial charge in [-0.1, -0.05) is 35.3 Å². The van der Waals surface area contributed by atoms with Crippen molar-refractivity contribution >= 4 is 73.3 Å². The van der Waals surface area contributed by atoms with Gasteiger partial charge in [-0.25, -0.2) is 33.4 Å². The Morgan fingerprint density at radius 1 is 0.953 bits per heavy atom. The molecule has 328 valence electrons. The van der Waals surface area contributed by atoms with Crippen molar-refractivity contribution in [1.29, 1.82) is 0 Å². The highest BCUT2D eigenvalue weighted by atomic mass is 35.5. The molecular weight excluding hydrogens is 884 g/mol. The summed E-state index contributed by atoms with van der Waals surface area (Å²) in [6, 6.07) is 14.4. The Morgan fingerprint density at radius 2 is 1.70 bits per heavy atom.